The van der Waals surface area contributed by atoms with Gasteiger partial charge in [-0.25, -0.2) is 13.6 Å². The molecule has 0 aliphatic carbocycles. The molecule has 2 aromatic rings. The quantitative estimate of drug-likeness (QED) is 0.893. The first-order chi connectivity index (χ1) is 9.47. The Balaban J connectivity index is 2.24. The fraction of sp³-hybridized carbons (Fsp3) is 0.273. The lowest BCUT2D eigenvalue weighted by Crippen LogP contribution is -2.24. The van der Waals surface area contributed by atoms with Crippen LogP contribution in [0.1, 0.15) is 31.0 Å². The smallest absolute Gasteiger partial charge is 0.405 e. The van der Waals surface area contributed by atoms with Gasteiger partial charge >= 0.3 is 6.09 Å². The third-order valence-corrected chi connectivity index (χ3v) is 2.42. The van der Waals surface area contributed by atoms with Gasteiger partial charge in [-0.1, -0.05) is 5.16 Å². The van der Waals surface area contributed by atoms with Crippen molar-refractivity contribution < 1.29 is 23.2 Å². The molecule has 0 unspecified atom stereocenters. The second-order valence-corrected chi connectivity index (χ2v) is 3.90. The van der Waals surface area contributed by atoms with E-state index in [4.69, 9.17) is 9.63 Å². The minimum Gasteiger partial charge on any atom is -0.465 e. The maximum Gasteiger partial charge on any atom is 0.405 e. The van der Waals surface area contributed by atoms with Crippen molar-refractivity contribution in [1.29, 1.82) is 0 Å². The van der Waals surface area contributed by atoms with E-state index in [9.17, 15) is 13.6 Å². The Morgan fingerprint density at radius 1 is 1.50 bits per heavy atom. The van der Waals surface area contributed by atoms with Gasteiger partial charge in [0.15, 0.2) is 0 Å². The van der Waals surface area contributed by atoms with Crippen molar-refractivity contribution in [2.24, 2.45) is 0 Å². The van der Waals surface area contributed by atoms with Crippen molar-refractivity contribution >= 4 is 6.09 Å². The van der Waals surface area contributed by atoms with Crippen LogP contribution < -0.4 is 5.32 Å². The summed E-state index contributed by atoms with van der Waals surface area (Å²) in [6.07, 6.45) is -2.72. The number of carboxylic acid groups (broad SMARTS) is 1. The monoisotopic (exact) mass is 284 g/mol. The second-order valence-electron chi connectivity index (χ2n) is 3.90. The van der Waals surface area contributed by atoms with Crippen LogP contribution in [0.5, 0.6) is 0 Å². The average molecular weight is 284 g/mol. The number of carbonyl (C=O) groups is 1. The average Bonchev–Trinajstić information content (AvgIpc) is 2.87. The molecule has 0 aromatic carbocycles. The molecule has 7 nitrogen and oxygen atoms in total. The van der Waals surface area contributed by atoms with Gasteiger partial charge in [0.25, 0.3) is 6.43 Å². The number of nitrogens with zero attached hydrogens (tertiary/aromatic N) is 3. The fourth-order valence-electron chi connectivity index (χ4n) is 1.48. The van der Waals surface area contributed by atoms with Gasteiger partial charge < -0.3 is 14.9 Å². The number of halogens is 2. The highest BCUT2D eigenvalue weighted by Crippen LogP contribution is 2.23. The molecule has 0 fully saturated rings. The van der Waals surface area contributed by atoms with Crippen LogP contribution in [0, 0.1) is 0 Å². The molecule has 106 valence electrons. The fourth-order valence-corrected chi connectivity index (χ4v) is 1.48. The summed E-state index contributed by atoms with van der Waals surface area (Å²) >= 11 is 0. The molecule has 2 aromatic heterocycles. The van der Waals surface area contributed by atoms with Gasteiger partial charge in [-0.05, 0) is 19.1 Å². The molecule has 0 bridgehead atoms. The third-order valence-electron chi connectivity index (χ3n) is 2.42. The Hall–Kier alpha value is -2.58. The molecule has 0 saturated heterocycles. The minimum absolute atomic E-state index is 0.0396. The first kappa shape index (κ1) is 13.8. The molecule has 1 atom stereocenters. The first-order valence-electron chi connectivity index (χ1n) is 5.55. The normalized spacial score (nSPS) is 12.4. The Bertz CT molecular complexity index is 617. The Morgan fingerprint density at radius 2 is 2.25 bits per heavy atom. The van der Waals surface area contributed by atoms with Crippen LogP contribution in [0.4, 0.5) is 13.6 Å². The zero-order chi connectivity index (χ0) is 14.7. The maximum atomic E-state index is 12.5. The van der Waals surface area contributed by atoms with E-state index in [0.717, 1.165) is 6.07 Å². The van der Waals surface area contributed by atoms with Gasteiger partial charge in [-0.15, -0.1) is 0 Å². The lowest BCUT2D eigenvalue weighted by atomic mass is 10.2. The van der Waals surface area contributed by atoms with Crippen LogP contribution in [0.2, 0.25) is 0 Å². The molecule has 2 rings (SSSR count). The Kier molecular flexibility index (Phi) is 3.87. The van der Waals surface area contributed by atoms with Gasteiger partial charge in [0, 0.05) is 11.8 Å². The zero-order valence-corrected chi connectivity index (χ0v) is 10.2. The van der Waals surface area contributed by atoms with Gasteiger partial charge in [0.1, 0.15) is 11.7 Å². The van der Waals surface area contributed by atoms with E-state index in [0.29, 0.717) is 5.56 Å². The largest absolute Gasteiger partial charge is 0.465 e. The molecule has 2 heterocycles. The lowest BCUT2D eigenvalue weighted by molar-refractivity contribution is 0.146. The molecule has 0 aliphatic heterocycles. The molecular weight excluding hydrogens is 274 g/mol. The summed E-state index contributed by atoms with van der Waals surface area (Å²) in [5.41, 5.74) is -0.0848. The zero-order valence-electron chi connectivity index (χ0n) is 10.2. The first-order valence-corrected chi connectivity index (χ1v) is 5.55. The van der Waals surface area contributed by atoms with E-state index < -0.39 is 24.3 Å². The standard InChI is InChI=1S/C11H10F2N4O3/c1-5(15-11(18)19)10-16-9(17-20-10)6-2-3-14-7(4-6)8(12)13/h2-5,8,15H,1H3,(H,18,19)/t5-/m0/s1. The number of amides is 1. The van der Waals surface area contributed by atoms with Crippen molar-refractivity contribution in [2.45, 2.75) is 19.4 Å². The van der Waals surface area contributed by atoms with Crippen molar-refractivity contribution in [3.8, 4) is 11.4 Å². The van der Waals surface area contributed by atoms with Gasteiger partial charge in [-0.2, -0.15) is 4.98 Å². The van der Waals surface area contributed by atoms with E-state index >= 15 is 0 Å². The minimum atomic E-state index is -2.70. The van der Waals surface area contributed by atoms with Gasteiger partial charge in [-0.3, -0.25) is 4.98 Å². The van der Waals surface area contributed by atoms with Crippen molar-refractivity contribution in [1.82, 2.24) is 20.4 Å². The molecule has 20 heavy (non-hydrogen) atoms. The summed E-state index contributed by atoms with van der Waals surface area (Å²) in [4.78, 5) is 18.0. The number of alkyl halides is 2. The molecule has 0 spiro atoms. The number of nitrogens with one attached hydrogen (secondary N) is 1. The summed E-state index contributed by atoms with van der Waals surface area (Å²) in [5.74, 6) is 0.126. The number of pyridine rings is 1. The summed E-state index contributed by atoms with van der Waals surface area (Å²) in [6.45, 7) is 1.52. The predicted octanol–water partition coefficient (Wildman–Crippen LogP) is 2.40. The third kappa shape index (κ3) is 3.05. The molecule has 0 aliphatic rings. The second kappa shape index (κ2) is 5.59. The molecule has 1 amide bonds. The molecule has 2 N–H and O–H groups in total. The van der Waals surface area contributed by atoms with Gasteiger partial charge in [0.2, 0.25) is 11.7 Å². The summed E-state index contributed by atoms with van der Waals surface area (Å²) in [5, 5.41) is 14.3. The van der Waals surface area contributed by atoms with E-state index in [-0.39, 0.29) is 11.7 Å². The van der Waals surface area contributed by atoms with E-state index in [1.807, 2.05) is 0 Å². The molecule has 0 saturated carbocycles. The number of hydrogen-bond acceptors (Lipinski definition) is 5. The number of aromatic nitrogens is 3. The van der Waals surface area contributed by atoms with Crippen LogP contribution in [0.25, 0.3) is 11.4 Å². The Morgan fingerprint density at radius 3 is 2.90 bits per heavy atom. The number of hydrogen-bond donors (Lipinski definition) is 2. The van der Waals surface area contributed by atoms with E-state index in [1.165, 1.54) is 19.2 Å². The molecule has 0 radical (unpaired) electrons. The summed E-state index contributed by atoms with van der Waals surface area (Å²) < 4.78 is 30.0. The Labute approximate surface area is 111 Å². The number of rotatable bonds is 4. The topological polar surface area (TPSA) is 101 Å². The van der Waals surface area contributed by atoms with Crippen LogP contribution >= 0.6 is 0 Å². The van der Waals surface area contributed by atoms with Crippen molar-refractivity contribution in [3.63, 3.8) is 0 Å². The van der Waals surface area contributed by atoms with E-state index in [1.54, 1.807) is 0 Å². The van der Waals surface area contributed by atoms with Crippen molar-refractivity contribution in [3.05, 3.63) is 29.9 Å². The van der Waals surface area contributed by atoms with E-state index in [2.05, 4.69) is 20.4 Å². The highest BCUT2D eigenvalue weighted by molar-refractivity contribution is 5.65. The highest BCUT2D eigenvalue weighted by Gasteiger charge is 2.18. The van der Waals surface area contributed by atoms with Crippen LogP contribution in [0.15, 0.2) is 22.9 Å². The predicted molar refractivity (Wildman–Crippen MR) is 62.1 cm³/mol. The van der Waals surface area contributed by atoms with Crippen LogP contribution in [-0.4, -0.2) is 26.3 Å². The summed E-state index contributed by atoms with van der Waals surface area (Å²) in [7, 11) is 0. The van der Waals surface area contributed by atoms with Crippen molar-refractivity contribution in [2.75, 3.05) is 0 Å². The maximum absolute atomic E-state index is 12.5. The molecular formula is C11H10F2N4O3. The van der Waals surface area contributed by atoms with Crippen LogP contribution in [0.3, 0.4) is 0 Å². The van der Waals surface area contributed by atoms with Gasteiger partial charge in [0.05, 0.1) is 0 Å². The molecule has 9 heteroatoms. The SMILES string of the molecule is C[C@H](NC(=O)O)c1nc(-c2ccnc(C(F)F)c2)no1. The lowest BCUT2D eigenvalue weighted by Gasteiger charge is -2.04. The highest BCUT2D eigenvalue weighted by atomic mass is 19.3. The van der Waals surface area contributed by atoms with Crippen LogP contribution in [-0.2, 0) is 0 Å². The summed E-state index contributed by atoms with van der Waals surface area (Å²) in [6, 6.07) is 1.90.